The smallest absolute Gasteiger partial charge is 0.348 e. The molecule has 0 bridgehead atoms. The lowest BCUT2D eigenvalue weighted by Crippen LogP contribution is -2.05. The topological polar surface area (TPSA) is 133 Å². The normalized spacial score (nSPS) is 10.5. The summed E-state index contributed by atoms with van der Waals surface area (Å²) in [7, 11) is 3.09. The van der Waals surface area contributed by atoms with Gasteiger partial charge in [-0.15, -0.1) is 21.5 Å². The quantitative estimate of drug-likeness (QED) is 0.403. The summed E-state index contributed by atoms with van der Waals surface area (Å²) in [5, 5.41) is 18.0. The van der Waals surface area contributed by atoms with Gasteiger partial charge in [-0.2, -0.15) is 5.26 Å². The Balaban J connectivity index is 1.81. The van der Waals surface area contributed by atoms with E-state index in [9.17, 15) is 10.1 Å². The maximum absolute atomic E-state index is 12.2. The summed E-state index contributed by atoms with van der Waals surface area (Å²) in [5.41, 5.74) is 7.31. The van der Waals surface area contributed by atoms with Crippen molar-refractivity contribution in [1.29, 1.82) is 5.26 Å². The molecule has 156 valence electrons. The molecule has 0 unspecified atom stereocenters. The van der Waals surface area contributed by atoms with Crippen molar-refractivity contribution in [2.24, 2.45) is 0 Å². The number of carbonyl (C=O) groups excluding carboxylic acids is 1. The van der Waals surface area contributed by atoms with Crippen LogP contribution in [0.3, 0.4) is 0 Å². The molecule has 3 rings (SSSR count). The van der Waals surface area contributed by atoms with Crippen LogP contribution in [0.15, 0.2) is 27.8 Å². The average molecular weight is 447 g/mol. The Kier molecular flexibility index (Phi) is 6.81. The predicted molar refractivity (Wildman–Crippen MR) is 112 cm³/mol. The molecule has 11 heteroatoms. The van der Waals surface area contributed by atoms with Crippen LogP contribution < -0.4 is 15.2 Å². The molecule has 0 amide bonds. The van der Waals surface area contributed by atoms with Crippen LogP contribution >= 0.6 is 23.1 Å². The summed E-state index contributed by atoms with van der Waals surface area (Å²) in [6.07, 6.45) is 0. The van der Waals surface area contributed by atoms with Gasteiger partial charge >= 0.3 is 5.97 Å². The molecular weight excluding hydrogens is 428 g/mol. The zero-order valence-electron chi connectivity index (χ0n) is 16.4. The average Bonchev–Trinajstić information content (AvgIpc) is 3.35. The van der Waals surface area contributed by atoms with Crippen LogP contribution in [0, 0.1) is 11.3 Å². The van der Waals surface area contributed by atoms with Crippen molar-refractivity contribution in [3.63, 3.8) is 0 Å². The fraction of sp³-hybridized carbons (Fsp3) is 0.263. The number of nitrogens with two attached hydrogens (primary N) is 1. The van der Waals surface area contributed by atoms with E-state index in [1.54, 1.807) is 32.2 Å². The van der Waals surface area contributed by atoms with E-state index in [0.29, 0.717) is 33.4 Å². The van der Waals surface area contributed by atoms with Gasteiger partial charge in [-0.05, 0) is 25.1 Å². The molecule has 2 N–H and O–H groups in total. The molecule has 0 spiro atoms. The highest BCUT2D eigenvalue weighted by molar-refractivity contribution is 7.98. The summed E-state index contributed by atoms with van der Waals surface area (Å²) in [4.78, 5) is 12.5. The first-order valence-corrected chi connectivity index (χ1v) is 10.5. The Morgan fingerprint density at radius 3 is 2.73 bits per heavy atom. The third kappa shape index (κ3) is 4.34. The van der Waals surface area contributed by atoms with Gasteiger partial charge in [0.1, 0.15) is 15.9 Å². The fourth-order valence-corrected chi connectivity index (χ4v) is 4.41. The number of anilines is 1. The molecule has 0 radical (unpaired) electrons. The zero-order valence-corrected chi connectivity index (χ0v) is 18.1. The Labute approximate surface area is 180 Å². The first kappa shape index (κ1) is 21.5. The van der Waals surface area contributed by atoms with Crippen molar-refractivity contribution in [2.75, 3.05) is 26.6 Å². The van der Waals surface area contributed by atoms with Crippen molar-refractivity contribution in [2.45, 2.75) is 17.9 Å². The summed E-state index contributed by atoms with van der Waals surface area (Å²) in [5.74, 6) is 1.16. The zero-order chi connectivity index (χ0) is 21.7. The molecule has 0 fully saturated rings. The number of nitrogen functional groups attached to an aromatic ring is 1. The summed E-state index contributed by atoms with van der Waals surface area (Å²) in [6, 6.07) is 7.29. The van der Waals surface area contributed by atoms with Crippen LogP contribution in [-0.4, -0.2) is 37.0 Å². The third-order valence-corrected chi connectivity index (χ3v) is 5.87. The number of nitrogens with zero attached hydrogens (tertiary/aromatic N) is 3. The highest BCUT2D eigenvalue weighted by Crippen LogP contribution is 2.36. The molecule has 9 nitrogen and oxygen atoms in total. The van der Waals surface area contributed by atoms with Crippen LogP contribution in [0.2, 0.25) is 0 Å². The number of thioether (sulfide) groups is 1. The number of esters is 1. The Bertz CT molecular complexity index is 1100. The second-order valence-electron chi connectivity index (χ2n) is 5.71. The number of thiophene rings is 1. The number of rotatable bonds is 8. The number of ether oxygens (including phenoxy) is 3. The van der Waals surface area contributed by atoms with Crippen molar-refractivity contribution >= 4 is 34.1 Å². The number of methoxy groups -OCH3 is 2. The van der Waals surface area contributed by atoms with Crippen molar-refractivity contribution < 1.29 is 23.4 Å². The SMILES string of the molecule is CCOC(=O)c1sc(N)c(C#N)c1CSc1nnc(-c2ccc(OC)c(OC)c2)o1. The van der Waals surface area contributed by atoms with Gasteiger partial charge in [-0.25, -0.2) is 4.79 Å². The lowest BCUT2D eigenvalue weighted by Gasteiger charge is -2.07. The van der Waals surface area contributed by atoms with Crippen molar-refractivity contribution in [3.8, 4) is 29.0 Å². The van der Waals surface area contributed by atoms with Crippen LogP contribution in [0.5, 0.6) is 11.5 Å². The van der Waals surface area contributed by atoms with Crippen LogP contribution in [-0.2, 0) is 10.5 Å². The van der Waals surface area contributed by atoms with Gasteiger partial charge in [0.25, 0.3) is 5.22 Å². The molecule has 0 aliphatic heterocycles. The number of hydrogen-bond donors (Lipinski definition) is 1. The van der Waals surface area contributed by atoms with Gasteiger partial charge in [0.05, 0.1) is 26.4 Å². The van der Waals surface area contributed by atoms with Crippen molar-refractivity contribution in [3.05, 3.63) is 34.2 Å². The number of hydrogen-bond acceptors (Lipinski definition) is 11. The van der Waals surface area contributed by atoms with E-state index in [1.165, 1.54) is 18.9 Å². The molecule has 30 heavy (non-hydrogen) atoms. The van der Waals surface area contributed by atoms with E-state index >= 15 is 0 Å². The van der Waals surface area contributed by atoms with Crippen LogP contribution in [0.25, 0.3) is 11.5 Å². The maximum Gasteiger partial charge on any atom is 0.348 e. The number of nitriles is 1. The van der Waals surface area contributed by atoms with Crippen LogP contribution in [0.1, 0.15) is 27.7 Å². The number of benzene rings is 1. The molecule has 1 aromatic carbocycles. The van der Waals surface area contributed by atoms with E-state index in [2.05, 4.69) is 10.2 Å². The minimum Gasteiger partial charge on any atom is -0.493 e. The van der Waals surface area contributed by atoms with E-state index in [1.807, 2.05) is 6.07 Å². The van der Waals surface area contributed by atoms with Gasteiger partial charge in [0, 0.05) is 16.9 Å². The lowest BCUT2D eigenvalue weighted by molar-refractivity contribution is 0.0531. The molecule has 0 aliphatic rings. The Morgan fingerprint density at radius 2 is 2.07 bits per heavy atom. The standard InChI is InChI=1S/C19H18N4O5S2/c1-4-27-18(24)15-12(11(8-20)16(21)30-15)9-29-19-23-22-17(28-19)10-5-6-13(25-2)14(7-10)26-3/h5-7H,4,9,21H2,1-3H3. The molecule has 3 aromatic rings. The van der Waals surface area contributed by atoms with E-state index < -0.39 is 5.97 Å². The van der Waals surface area contributed by atoms with Gasteiger partial charge < -0.3 is 24.4 Å². The molecule has 0 saturated heterocycles. The molecule has 0 atom stereocenters. The molecule has 0 saturated carbocycles. The first-order chi connectivity index (χ1) is 14.5. The van der Waals surface area contributed by atoms with Crippen molar-refractivity contribution in [1.82, 2.24) is 10.2 Å². The maximum atomic E-state index is 12.2. The summed E-state index contributed by atoms with van der Waals surface area (Å²) in [6.45, 7) is 1.94. The summed E-state index contributed by atoms with van der Waals surface area (Å²) < 4.78 is 21.3. The molecular formula is C19H18N4O5S2. The second kappa shape index (κ2) is 9.51. The van der Waals surface area contributed by atoms with E-state index in [-0.39, 0.29) is 28.1 Å². The molecule has 2 aromatic heterocycles. The van der Waals surface area contributed by atoms with Gasteiger partial charge in [-0.3, -0.25) is 0 Å². The highest BCUT2D eigenvalue weighted by atomic mass is 32.2. The minimum absolute atomic E-state index is 0.226. The van der Waals surface area contributed by atoms with Gasteiger partial charge in [0.2, 0.25) is 5.89 Å². The molecule has 0 aliphatic carbocycles. The Hall–Kier alpha value is -3.23. The minimum atomic E-state index is -0.511. The predicted octanol–water partition coefficient (Wildman–Crippen LogP) is 3.74. The van der Waals surface area contributed by atoms with Gasteiger partial charge in [-0.1, -0.05) is 11.8 Å². The van der Waals surface area contributed by atoms with E-state index in [4.69, 9.17) is 24.4 Å². The second-order valence-corrected chi connectivity index (χ2v) is 7.69. The number of aromatic nitrogens is 2. The summed E-state index contributed by atoms with van der Waals surface area (Å²) >= 11 is 2.23. The largest absolute Gasteiger partial charge is 0.493 e. The van der Waals surface area contributed by atoms with Gasteiger partial charge in [0.15, 0.2) is 11.5 Å². The highest BCUT2D eigenvalue weighted by Gasteiger charge is 2.23. The van der Waals surface area contributed by atoms with Crippen LogP contribution in [0.4, 0.5) is 5.00 Å². The lowest BCUT2D eigenvalue weighted by atomic mass is 10.2. The first-order valence-electron chi connectivity index (χ1n) is 8.69. The fourth-order valence-electron chi connectivity index (χ4n) is 2.59. The van der Waals surface area contributed by atoms with E-state index in [0.717, 1.165) is 11.3 Å². The number of carbonyl (C=O) groups is 1. The molecule has 2 heterocycles. The Morgan fingerprint density at radius 1 is 1.30 bits per heavy atom. The monoisotopic (exact) mass is 446 g/mol. The third-order valence-electron chi connectivity index (χ3n) is 3.98.